The molecular formula is C14H23NO4S2. The van der Waals surface area contributed by atoms with E-state index in [1.807, 2.05) is 0 Å². The van der Waals surface area contributed by atoms with Crippen molar-refractivity contribution >= 4 is 20.0 Å². The van der Waals surface area contributed by atoms with Crippen LogP contribution in [0, 0.1) is 0 Å². The lowest BCUT2D eigenvalue weighted by Crippen LogP contribution is -2.32. The van der Waals surface area contributed by atoms with Gasteiger partial charge in [0.2, 0.25) is 10.0 Å². The molecule has 0 radical (unpaired) electrons. The van der Waals surface area contributed by atoms with E-state index in [-0.39, 0.29) is 10.6 Å². The number of nitrogens with one attached hydrogen (secondary N) is 1. The maximum absolute atomic E-state index is 11.9. The number of unbranched alkanes of at least 4 members (excludes halogenated alkanes) is 5. The highest BCUT2D eigenvalue weighted by atomic mass is 32.3. The molecular weight excluding hydrogens is 310 g/mol. The Kier molecular flexibility index (Phi) is 7.34. The zero-order valence-electron chi connectivity index (χ0n) is 12.3. The van der Waals surface area contributed by atoms with Gasteiger partial charge in [0.15, 0.2) is 0 Å². The zero-order valence-corrected chi connectivity index (χ0v) is 13.9. The van der Waals surface area contributed by atoms with Crippen molar-refractivity contribution in [2.24, 2.45) is 0 Å². The van der Waals surface area contributed by atoms with Crippen LogP contribution in [0.2, 0.25) is 0 Å². The van der Waals surface area contributed by atoms with Crippen LogP contribution in [0.1, 0.15) is 45.4 Å². The van der Waals surface area contributed by atoms with Crippen LogP contribution in [0.3, 0.4) is 0 Å². The van der Waals surface area contributed by atoms with E-state index in [0.717, 1.165) is 32.1 Å². The molecule has 0 aliphatic carbocycles. The van der Waals surface area contributed by atoms with Gasteiger partial charge < -0.3 is 0 Å². The molecule has 0 saturated carbocycles. The minimum atomic E-state index is -4.01. The molecule has 0 unspecified atom stereocenters. The summed E-state index contributed by atoms with van der Waals surface area (Å²) in [6, 6.07) is 7.50. The summed E-state index contributed by atoms with van der Waals surface area (Å²) >= 11 is 0. The van der Waals surface area contributed by atoms with Crippen molar-refractivity contribution in [1.29, 1.82) is 0 Å². The first kappa shape index (κ1) is 18.1. The lowest BCUT2D eigenvalue weighted by Gasteiger charge is -2.07. The fraction of sp³-hybridized carbons (Fsp3) is 0.571. The number of rotatable bonds is 10. The van der Waals surface area contributed by atoms with E-state index in [4.69, 9.17) is 0 Å². The molecule has 5 nitrogen and oxygen atoms in total. The number of hydrogen-bond acceptors (Lipinski definition) is 4. The molecule has 1 aromatic rings. The van der Waals surface area contributed by atoms with E-state index in [0.29, 0.717) is 6.42 Å². The monoisotopic (exact) mass is 333 g/mol. The third kappa shape index (κ3) is 7.06. The van der Waals surface area contributed by atoms with E-state index in [9.17, 15) is 16.8 Å². The molecule has 0 spiro atoms. The lowest BCUT2D eigenvalue weighted by atomic mass is 10.1. The van der Waals surface area contributed by atoms with Gasteiger partial charge in [-0.1, -0.05) is 57.2 Å². The Morgan fingerprint density at radius 1 is 0.857 bits per heavy atom. The highest BCUT2D eigenvalue weighted by Crippen LogP contribution is 2.10. The van der Waals surface area contributed by atoms with Crippen LogP contribution in [0.5, 0.6) is 0 Å². The molecule has 0 aliphatic heterocycles. The standard InChI is InChI=1S/C14H23NO4S2/c1-2-3-4-5-6-10-13-20(16,17)15-21(18,19)14-11-8-7-9-12-14/h7-9,11-12,15H,2-6,10,13H2,1H3. The second-order valence-corrected chi connectivity index (χ2v) is 8.77. The normalized spacial score (nSPS) is 12.4. The Labute approximate surface area is 127 Å². The van der Waals surface area contributed by atoms with Gasteiger partial charge in [-0.05, 0) is 18.6 Å². The fourth-order valence-corrected chi connectivity index (χ4v) is 5.08. The van der Waals surface area contributed by atoms with Gasteiger partial charge in [0.05, 0.1) is 10.6 Å². The highest BCUT2D eigenvalue weighted by molar-refractivity contribution is 8.04. The van der Waals surface area contributed by atoms with Crippen molar-refractivity contribution in [3.63, 3.8) is 0 Å². The van der Waals surface area contributed by atoms with Crippen LogP contribution < -0.4 is 4.13 Å². The first-order chi connectivity index (χ1) is 9.87. The van der Waals surface area contributed by atoms with Crippen molar-refractivity contribution in [2.45, 2.75) is 50.3 Å². The molecule has 0 amide bonds. The zero-order chi connectivity index (χ0) is 15.8. The van der Waals surface area contributed by atoms with E-state index < -0.39 is 20.0 Å². The van der Waals surface area contributed by atoms with Gasteiger partial charge in [0.25, 0.3) is 10.0 Å². The summed E-state index contributed by atoms with van der Waals surface area (Å²) in [6.07, 6.45) is 5.62. The molecule has 1 aromatic carbocycles. The van der Waals surface area contributed by atoms with E-state index in [1.165, 1.54) is 12.1 Å². The second-order valence-electron chi connectivity index (χ2n) is 4.99. The third-order valence-electron chi connectivity index (χ3n) is 3.06. The van der Waals surface area contributed by atoms with Crippen molar-refractivity contribution in [3.8, 4) is 0 Å². The molecule has 21 heavy (non-hydrogen) atoms. The molecule has 0 saturated heterocycles. The van der Waals surface area contributed by atoms with Crippen molar-refractivity contribution in [1.82, 2.24) is 4.13 Å². The lowest BCUT2D eigenvalue weighted by molar-refractivity contribution is 0.570. The predicted molar refractivity (Wildman–Crippen MR) is 83.9 cm³/mol. The Balaban J connectivity index is 2.49. The summed E-state index contributed by atoms with van der Waals surface area (Å²) in [5.41, 5.74) is 0. The largest absolute Gasteiger partial charge is 0.253 e. The van der Waals surface area contributed by atoms with E-state index in [1.54, 1.807) is 22.3 Å². The summed E-state index contributed by atoms with van der Waals surface area (Å²) in [5.74, 6) is -0.162. The summed E-state index contributed by atoms with van der Waals surface area (Å²) in [5, 5.41) is 0. The minimum absolute atomic E-state index is 0.0449. The maximum atomic E-state index is 11.9. The smallest absolute Gasteiger partial charge is 0.211 e. The van der Waals surface area contributed by atoms with Gasteiger partial charge in [0, 0.05) is 0 Å². The van der Waals surface area contributed by atoms with Crippen LogP contribution in [-0.2, 0) is 20.0 Å². The Morgan fingerprint density at radius 2 is 1.43 bits per heavy atom. The molecule has 0 atom stereocenters. The average Bonchev–Trinajstić information content (AvgIpc) is 2.42. The van der Waals surface area contributed by atoms with Gasteiger partial charge >= 0.3 is 0 Å². The molecule has 0 heterocycles. The van der Waals surface area contributed by atoms with Gasteiger partial charge in [-0.25, -0.2) is 16.8 Å². The third-order valence-corrected chi connectivity index (χ3v) is 6.67. The van der Waals surface area contributed by atoms with Crippen molar-refractivity contribution in [2.75, 3.05) is 5.75 Å². The van der Waals surface area contributed by atoms with Crippen molar-refractivity contribution < 1.29 is 16.8 Å². The Morgan fingerprint density at radius 3 is 2.05 bits per heavy atom. The maximum Gasteiger partial charge on any atom is 0.253 e. The van der Waals surface area contributed by atoms with Gasteiger partial charge in [0.1, 0.15) is 0 Å². The SMILES string of the molecule is CCCCCCCCS(=O)(=O)NS(=O)(=O)c1ccccc1. The fourth-order valence-electron chi connectivity index (χ4n) is 1.93. The van der Waals surface area contributed by atoms with E-state index in [2.05, 4.69) is 6.92 Å². The van der Waals surface area contributed by atoms with Gasteiger partial charge in [-0.15, -0.1) is 4.13 Å². The van der Waals surface area contributed by atoms with Gasteiger partial charge in [-0.2, -0.15) is 0 Å². The first-order valence-electron chi connectivity index (χ1n) is 7.19. The second kappa shape index (κ2) is 8.51. The van der Waals surface area contributed by atoms with Crippen LogP contribution in [0.25, 0.3) is 0 Å². The van der Waals surface area contributed by atoms with Crippen LogP contribution >= 0.6 is 0 Å². The summed E-state index contributed by atoms with van der Waals surface area (Å²) in [4.78, 5) is -0.0449. The average molecular weight is 333 g/mol. The number of hydrogen-bond donors (Lipinski definition) is 1. The van der Waals surface area contributed by atoms with E-state index >= 15 is 0 Å². The molecule has 7 heteroatoms. The summed E-state index contributed by atoms with van der Waals surface area (Å²) < 4.78 is 49.3. The number of benzene rings is 1. The Bertz CT molecular complexity index is 610. The van der Waals surface area contributed by atoms with Crippen molar-refractivity contribution in [3.05, 3.63) is 30.3 Å². The van der Waals surface area contributed by atoms with Crippen LogP contribution in [0.4, 0.5) is 0 Å². The first-order valence-corrected chi connectivity index (χ1v) is 10.3. The molecule has 0 bridgehead atoms. The summed E-state index contributed by atoms with van der Waals surface area (Å²) in [7, 11) is -7.83. The van der Waals surface area contributed by atoms with Gasteiger partial charge in [-0.3, -0.25) is 0 Å². The minimum Gasteiger partial charge on any atom is -0.211 e. The highest BCUT2D eigenvalue weighted by Gasteiger charge is 2.21. The molecule has 1 N–H and O–H groups in total. The topological polar surface area (TPSA) is 80.3 Å². The number of sulfonamides is 2. The molecule has 0 aromatic heterocycles. The predicted octanol–water partition coefficient (Wildman–Crippen LogP) is 2.66. The quantitative estimate of drug-likeness (QED) is 0.668. The Hall–Kier alpha value is -0.920. The molecule has 120 valence electrons. The molecule has 0 aliphatic rings. The molecule has 1 rings (SSSR count). The molecule has 0 fully saturated rings. The van der Waals surface area contributed by atoms with Crippen LogP contribution in [-0.4, -0.2) is 22.6 Å². The summed E-state index contributed by atoms with van der Waals surface area (Å²) in [6.45, 7) is 2.11. The van der Waals surface area contributed by atoms with Crippen LogP contribution in [0.15, 0.2) is 35.2 Å².